The summed E-state index contributed by atoms with van der Waals surface area (Å²) in [4.78, 5) is 36.7. The van der Waals surface area contributed by atoms with E-state index in [1.54, 1.807) is 25.2 Å². The molecule has 0 aliphatic carbocycles. The molecule has 2 aromatic rings. The van der Waals surface area contributed by atoms with E-state index in [4.69, 9.17) is 4.42 Å². The number of likely N-dealkylation sites (N-methyl/N-ethyl adjacent to an activating group) is 1. The van der Waals surface area contributed by atoms with Crippen molar-refractivity contribution in [3.63, 3.8) is 0 Å². The van der Waals surface area contributed by atoms with Crippen LogP contribution in [0.2, 0.25) is 0 Å². The Morgan fingerprint density at radius 1 is 1.12 bits per heavy atom. The van der Waals surface area contributed by atoms with Gasteiger partial charge in [-0.25, -0.2) is 9.18 Å². The van der Waals surface area contributed by atoms with Gasteiger partial charge in [0.05, 0.1) is 25.9 Å². The lowest BCUT2D eigenvalue weighted by molar-refractivity contribution is -0.122. The van der Waals surface area contributed by atoms with Gasteiger partial charge in [-0.05, 0) is 37.4 Å². The molecule has 0 atom stereocenters. The summed E-state index contributed by atoms with van der Waals surface area (Å²) >= 11 is 0. The maximum Gasteiger partial charge on any atom is 0.321 e. The van der Waals surface area contributed by atoms with Crippen LogP contribution < -0.4 is 16.0 Å². The number of rotatable bonds is 7. The normalized spacial score (nSPS) is 10.4. The summed E-state index contributed by atoms with van der Waals surface area (Å²) in [5.74, 6) is -0.883. The van der Waals surface area contributed by atoms with Crippen LogP contribution in [0.25, 0.3) is 0 Å². The highest BCUT2D eigenvalue weighted by Gasteiger charge is 2.13. The molecule has 1 aromatic carbocycles. The molecule has 8 nitrogen and oxygen atoms in total. The molecular formula is C17H19FN4O4. The van der Waals surface area contributed by atoms with Crippen LogP contribution in [0.1, 0.15) is 5.76 Å². The van der Waals surface area contributed by atoms with Gasteiger partial charge in [0.25, 0.3) is 0 Å². The number of carbonyl (C=O) groups excluding carboxylic acids is 3. The summed E-state index contributed by atoms with van der Waals surface area (Å²) in [7, 11) is 1.55. The number of hydrogen-bond donors (Lipinski definition) is 3. The van der Waals surface area contributed by atoms with Crippen molar-refractivity contribution in [3.05, 3.63) is 54.2 Å². The van der Waals surface area contributed by atoms with Crippen LogP contribution in [0.15, 0.2) is 47.1 Å². The Bertz CT molecular complexity index is 764. The van der Waals surface area contributed by atoms with Crippen molar-refractivity contribution in [2.45, 2.75) is 6.54 Å². The molecule has 1 heterocycles. The maximum atomic E-state index is 13.1. The van der Waals surface area contributed by atoms with Crippen LogP contribution >= 0.6 is 0 Å². The van der Waals surface area contributed by atoms with Crippen LogP contribution in [0, 0.1) is 5.82 Å². The Morgan fingerprint density at radius 3 is 2.58 bits per heavy atom. The first-order valence-corrected chi connectivity index (χ1v) is 7.76. The summed E-state index contributed by atoms with van der Waals surface area (Å²) in [6, 6.07) is 8.19. The molecule has 9 heteroatoms. The molecule has 138 valence electrons. The maximum absolute atomic E-state index is 13.1. The first kappa shape index (κ1) is 19.1. The van der Waals surface area contributed by atoms with Crippen LogP contribution in [0.5, 0.6) is 0 Å². The molecule has 0 saturated carbocycles. The minimum atomic E-state index is -0.663. The molecule has 2 rings (SSSR count). The van der Waals surface area contributed by atoms with E-state index < -0.39 is 23.7 Å². The van der Waals surface area contributed by atoms with Gasteiger partial charge in [0, 0.05) is 5.69 Å². The Kier molecular flexibility index (Phi) is 6.86. The molecule has 4 amide bonds. The predicted octanol–water partition coefficient (Wildman–Crippen LogP) is 1.31. The molecule has 0 aliphatic heterocycles. The monoisotopic (exact) mass is 362 g/mol. The Labute approximate surface area is 149 Å². The van der Waals surface area contributed by atoms with Crippen molar-refractivity contribution in [1.82, 2.24) is 15.5 Å². The molecule has 3 N–H and O–H groups in total. The summed E-state index contributed by atoms with van der Waals surface area (Å²) in [5.41, 5.74) is 0.324. The number of nitrogens with one attached hydrogen (secondary N) is 3. The second kappa shape index (κ2) is 9.33. The van der Waals surface area contributed by atoms with E-state index in [2.05, 4.69) is 16.0 Å². The van der Waals surface area contributed by atoms with Crippen LogP contribution in [-0.4, -0.2) is 42.9 Å². The smallest absolute Gasteiger partial charge is 0.321 e. The number of urea groups is 1. The zero-order chi connectivity index (χ0) is 18.9. The van der Waals surface area contributed by atoms with Gasteiger partial charge in [-0.15, -0.1) is 0 Å². The number of hydrogen-bond acceptors (Lipinski definition) is 5. The summed E-state index contributed by atoms with van der Waals surface area (Å²) in [5, 5.41) is 7.14. The minimum Gasteiger partial charge on any atom is -0.467 e. The Balaban J connectivity index is 1.69. The number of furan rings is 1. The van der Waals surface area contributed by atoms with Gasteiger partial charge in [-0.3, -0.25) is 19.8 Å². The van der Waals surface area contributed by atoms with E-state index in [-0.39, 0.29) is 19.6 Å². The predicted molar refractivity (Wildman–Crippen MR) is 91.6 cm³/mol. The van der Waals surface area contributed by atoms with Gasteiger partial charge in [0.1, 0.15) is 11.6 Å². The van der Waals surface area contributed by atoms with Crippen molar-refractivity contribution >= 4 is 23.5 Å². The van der Waals surface area contributed by atoms with Crippen LogP contribution in [-0.2, 0) is 16.1 Å². The fourth-order valence-corrected chi connectivity index (χ4v) is 2.10. The zero-order valence-electron chi connectivity index (χ0n) is 14.1. The van der Waals surface area contributed by atoms with E-state index in [0.29, 0.717) is 11.4 Å². The number of benzene rings is 1. The molecule has 0 saturated heterocycles. The number of carbonyl (C=O) groups is 3. The van der Waals surface area contributed by atoms with Crippen LogP contribution in [0.4, 0.5) is 14.9 Å². The fourth-order valence-electron chi connectivity index (χ4n) is 2.10. The first-order valence-electron chi connectivity index (χ1n) is 7.76. The van der Waals surface area contributed by atoms with Gasteiger partial charge < -0.3 is 15.1 Å². The van der Waals surface area contributed by atoms with Gasteiger partial charge in [-0.1, -0.05) is 6.07 Å². The summed E-state index contributed by atoms with van der Waals surface area (Å²) in [6.45, 7) is -0.110. The molecule has 0 radical (unpaired) electrons. The molecular weight excluding hydrogens is 343 g/mol. The molecule has 0 unspecified atom stereocenters. The van der Waals surface area contributed by atoms with Gasteiger partial charge in [-0.2, -0.15) is 0 Å². The fraction of sp³-hybridized carbons (Fsp3) is 0.235. The second-order valence-electron chi connectivity index (χ2n) is 5.54. The molecule has 0 bridgehead atoms. The summed E-state index contributed by atoms with van der Waals surface area (Å²) < 4.78 is 18.1. The SMILES string of the molecule is CN(CC(=O)NC(=O)NCc1ccco1)CC(=O)Nc1cccc(F)c1. The van der Waals surface area contributed by atoms with E-state index in [0.717, 1.165) is 0 Å². The van der Waals surface area contributed by atoms with Gasteiger partial charge in [0.2, 0.25) is 11.8 Å². The van der Waals surface area contributed by atoms with E-state index >= 15 is 0 Å². The quantitative estimate of drug-likeness (QED) is 0.689. The van der Waals surface area contributed by atoms with Gasteiger partial charge in [0.15, 0.2) is 0 Å². The lowest BCUT2D eigenvalue weighted by Gasteiger charge is -2.15. The van der Waals surface area contributed by atoms with Crippen LogP contribution in [0.3, 0.4) is 0 Å². The van der Waals surface area contributed by atoms with E-state index in [1.807, 2.05) is 0 Å². The van der Waals surface area contributed by atoms with Gasteiger partial charge >= 0.3 is 6.03 Å². The third-order valence-corrected chi connectivity index (χ3v) is 3.19. The highest BCUT2D eigenvalue weighted by atomic mass is 19.1. The zero-order valence-corrected chi connectivity index (χ0v) is 14.1. The molecule has 0 aliphatic rings. The molecule has 1 aromatic heterocycles. The summed E-state index contributed by atoms with van der Waals surface area (Å²) in [6.07, 6.45) is 1.48. The van der Waals surface area contributed by atoms with E-state index in [9.17, 15) is 18.8 Å². The Morgan fingerprint density at radius 2 is 1.88 bits per heavy atom. The van der Waals surface area contributed by atoms with Crippen molar-refractivity contribution < 1.29 is 23.2 Å². The third kappa shape index (κ3) is 6.73. The highest BCUT2D eigenvalue weighted by molar-refractivity contribution is 5.96. The molecule has 26 heavy (non-hydrogen) atoms. The highest BCUT2D eigenvalue weighted by Crippen LogP contribution is 2.08. The molecule has 0 spiro atoms. The molecule has 0 fully saturated rings. The van der Waals surface area contributed by atoms with Crippen molar-refractivity contribution in [2.24, 2.45) is 0 Å². The largest absolute Gasteiger partial charge is 0.467 e. The topological polar surface area (TPSA) is 104 Å². The van der Waals surface area contributed by atoms with Crippen molar-refractivity contribution in [1.29, 1.82) is 0 Å². The minimum absolute atomic E-state index is 0.0993. The average molecular weight is 362 g/mol. The number of amides is 4. The van der Waals surface area contributed by atoms with Crippen molar-refractivity contribution in [3.8, 4) is 0 Å². The third-order valence-electron chi connectivity index (χ3n) is 3.19. The number of imide groups is 1. The lowest BCUT2D eigenvalue weighted by atomic mass is 10.3. The lowest BCUT2D eigenvalue weighted by Crippen LogP contribution is -2.44. The standard InChI is InChI=1S/C17H19FN4O4/c1-22(10-15(23)20-13-5-2-4-12(18)8-13)11-16(24)21-17(25)19-9-14-6-3-7-26-14/h2-8H,9-11H2,1H3,(H,20,23)(H2,19,21,24,25). The Hall–Kier alpha value is -3.20. The number of nitrogens with zero attached hydrogens (tertiary/aromatic N) is 1. The average Bonchev–Trinajstić information content (AvgIpc) is 3.05. The van der Waals surface area contributed by atoms with E-state index in [1.165, 1.54) is 29.4 Å². The number of anilines is 1. The number of halogens is 1. The second-order valence-corrected chi connectivity index (χ2v) is 5.54. The first-order chi connectivity index (χ1) is 12.4. The van der Waals surface area contributed by atoms with Crippen molar-refractivity contribution in [2.75, 3.05) is 25.5 Å².